The average molecular weight is 516 g/mol. The zero-order valence-corrected chi connectivity index (χ0v) is 22.5. The van der Waals surface area contributed by atoms with Crippen molar-refractivity contribution in [2.45, 2.75) is 52.1 Å². The van der Waals surface area contributed by atoms with Gasteiger partial charge in [0.15, 0.2) is 5.13 Å². The summed E-state index contributed by atoms with van der Waals surface area (Å²) < 4.78 is 10.2. The van der Waals surface area contributed by atoms with Crippen molar-refractivity contribution < 1.29 is 24.2 Å². The Labute approximate surface area is 216 Å². The van der Waals surface area contributed by atoms with Crippen LogP contribution in [0, 0.1) is 23.2 Å². The quantitative estimate of drug-likeness (QED) is 0.461. The van der Waals surface area contributed by atoms with Crippen LogP contribution in [0.15, 0.2) is 24.3 Å². The molecule has 2 aromatic rings. The Morgan fingerprint density at radius 1 is 1.28 bits per heavy atom. The summed E-state index contributed by atoms with van der Waals surface area (Å²) in [6, 6.07) is 6.96. The van der Waals surface area contributed by atoms with Crippen LogP contribution < -0.4 is 15.4 Å². The topological polar surface area (TPSA) is 110 Å². The van der Waals surface area contributed by atoms with Crippen LogP contribution in [0.1, 0.15) is 60.5 Å². The van der Waals surface area contributed by atoms with Crippen molar-refractivity contribution in [2.24, 2.45) is 23.2 Å². The summed E-state index contributed by atoms with van der Waals surface area (Å²) in [5.74, 6) is 0.0507. The number of rotatable bonds is 8. The van der Waals surface area contributed by atoms with Gasteiger partial charge < -0.3 is 19.9 Å². The van der Waals surface area contributed by atoms with E-state index >= 15 is 0 Å². The number of nitrogens with one attached hydrogen (secondary N) is 2. The number of hydrogen-bond donors (Lipinski definition) is 3. The molecule has 0 saturated heterocycles. The van der Waals surface area contributed by atoms with Crippen LogP contribution in [0.3, 0.4) is 0 Å². The van der Waals surface area contributed by atoms with Crippen molar-refractivity contribution in [3.8, 4) is 5.75 Å². The number of benzene rings is 1. The standard InChI is InChI=1S/C27H37N3O5S/c1-15(24(32)28-12-13-34-4)19-10-11-27(3)14-20-22(16(2)21(27)23(19)31)29-26(36-20)30-25(33)17-6-8-18(35-5)9-7-17/h6-9,15-16,19,21,23,31H,10-14H2,1-5H3,(H,28,32)(H,29,30,33)/t15-,16-,19?,21+,23-,27-/m0/s1. The number of amides is 2. The SMILES string of the molecule is COCCNC(=O)[C@@H](C)C1CC[C@@]2(C)Cc3sc(NC(=O)c4ccc(OC)cc4)nc3[C@@H](C)[C@@H]2[C@H]1O. The molecule has 9 heteroatoms. The van der Waals surface area contributed by atoms with Crippen molar-refractivity contribution >= 4 is 28.3 Å². The number of fused-ring (bicyclic) bond motifs is 2. The van der Waals surface area contributed by atoms with E-state index in [1.807, 2.05) is 6.92 Å². The number of hydrogen-bond acceptors (Lipinski definition) is 7. The number of carbonyl (C=O) groups is 2. The molecule has 36 heavy (non-hydrogen) atoms. The third kappa shape index (κ3) is 5.14. The Morgan fingerprint density at radius 3 is 2.67 bits per heavy atom. The Hall–Kier alpha value is -2.49. The van der Waals surface area contributed by atoms with Crippen molar-refractivity contribution in [1.29, 1.82) is 0 Å². The molecule has 196 valence electrons. The number of anilines is 1. The summed E-state index contributed by atoms with van der Waals surface area (Å²) in [5.41, 5.74) is 1.40. The first kappa shape index (κ1) is 26.6. The molecule has 4 rings (SSSR count). The molecule has 2 aliphatic carbocycles. The average Bonchev–Trinajstić information content (AvgIpc) is 3.25. The lowest BCUT2D eigenvalue weighted by molar-refractivity contribution is -0.135. The molecule has 1 unspecified atom stereocenters. The number of aromatic nitrogens is 1. The van der Waals surface area contributed by atoms with Crippen molar-refractivity contribution in [3.05, 3.63) is 40.4 Å². The van der Waals surface area contributed by atoms with Crippen molar-refractivity contribution in [3.63, 3.8) is 0 Å². The van der Waals surface area contributed by atoms with Crippen LogP contribution in [0.5, 0.6) is 5.75 Å². The fraction of sp³-hybridized carbons (Fsp3) is 0.593. The molecule has 1 saturated carbocycles. The Kier molecular flexibility index (Phi) is 8.02. The van der Waals surface area contributed by atoms with Gasteiger partial charge in [0.25, 0.3) is 5.91 Å². The van der Waals surface area contributed by atoms with Gasteiger partial charge in [-0.15, -0.1) is 11.3 Å². The minimum absolute atomic E-state index is 0.00906. The lowest BCUT2D eigenvalue weighted by Gasteiger charge is -2.53. The number of aliphatic hydroxyl groups excluding tert-OH is 1. The summed E-state index contributed by atoms with van der Waals surface area (Å²) >= 11 is 1.52. The number of ether oxygens (including phenoxy) is 2. The molecule has 8 nitrogen and oxygen atoms in total. The molecule has 1 heterocycles. The number of nitrogens with zero attached hydrogens (tertiary/aromatic N) is 1. The molecule has 2 amide bonds. The monoisotopic (exact) mass is 515 g/mol. The molecule has 2 aliphatic rings. The Morgan fingerprint density at radius 2 is 2.00 bits per heavy atom. The van der Waals surface area contributed by atoms with E-state index in [0.29, 0.717) is 29.6 Å². The maximum absolute atomic E-state index is 12.8. The maximum atomic E-state index is 12.8. The van der Waals surface area contributed by atoms with Gasteiger partial charge in [-0.25, -0.2) is 4.98 Å². The molecule has 0 radical (unpaired) electrons. The zero-order valence-electron chi connectivity index (χ0n) is 21.7. The van der Waals surface area contributed by atoms with E-state index in [9.17, 15) is 14.7 Å². The second-order valence-electron chi connectivity index (χ2n) is 10.4. The highest BCUT2D eigenvalue weighted by Gasteiger charge is 2.53. The van der Waals surface area contributed by atoms with Crippen LogP contribution in [0.4, 0.5) is 5.13 Å². The highest BCUT2D eigenvalue weighted by Crippen LogP contribution is 2.57. The van der Waals surface area contributed by atoms with Gasteiger partial charge in [-0.3, -0.25) is 14.9 Å². The summed E-state index contributed by atoms with van der Waals surface area (Å²) in [6.45, 7) is 7.20. The number of thiazole rings is 1. The first-order valence-electron chi connectivity index (χ1n) is 12.6. The maximum Gasteiger partial charge on any atom is 0.257 e. The molecule has 1 aromatic heterocycles. The molecule has 0 bridgehead atoms. The van der Waals surface area contributed by atoms with Crippen LogP contribution in [-0.2, 0) is 16.0 Å². The summed E-state index contributed by atoms with van der Waals surface area (Å²) in [6.07, 6.45) is 1.94. The van der Waals surface area contributed by atoms with Crippen LogP contribution in [0.2, 0.25) is 0 Å². The molecule has 0 spiro atoms. The van der Waals surface area contributed by atoms with E-state index in [0.717, 1.165) is 25.0 Å². The van der Waals surface area contributed by atoms with Crippen molar-refractivity contribution in [1.82, 2.24) is 10.3 Å². The Bertz CT molecular complexity index is 1090. The highest BCUT2D eigenvalue weighted by molar-refractivity contribution is 7.15. The van der Waals surface area contributed by atoms with E-state index in [4.69, 9.17) is 14.5 Å². The van der Waals surface area contributed by atoms with E-state index < -0.39 is 6.10 Å². The predicted molar refractivity (Wildman–Crippen MR) is 140 cm³/mol. The summed E-state index contributed by atoms with van der Waals surface area (Å²) in [5, 5.41) is 18.0. The van der Waals surface area contributed by atoms with E-state index in [2.05, 4.69) is 24.5 Å². The molecule has 0 aliphatic heterocycles. The normalized spacial score (nSPS) is 27.9. The van der Waals surface area contributed by atoms with E-state index in [-0.39, 0.29) is 40.9 Å². The highest BCUT2D eigenvalue weighted by atomic mass is 32.1. The van der Waals surface area contributed by atoms with E-state index in [1.54, 1.807) is 38.5 Å². The lowest BCUT2D eigenvalue weighted by atomic mass is 9.53. The number of methoxy groups -OCH3 is 2. The van der Waals surface area contributed by atoms with Crippen LogP contribution >= 0.6 is 11.3 Å². The van der Waals surface area contributed by atoms with Gasteiger partial charge in [-0.05, 0) is 60.8 Å². The second-order valence-corrected chi connectivity index (χ2v) is 11.5. The van der Waals surface area contributed by atoms with Gasteiger partial charge in [0, 0.05) is 35.9 Å². The van der Waals surface area contributed by atoms with Gasteiger partial charge in [0.2, 0.25) is 5.91 Å². The van der Waals surface area contributed by atoms with Crippen molar-refractivity contribution in [2.75, 3.05) is 32.7 Å². The van der Waals surface area contributed by atoms with Crippen LogP contribution in [0.25, 0.3) is 0 Å². The fourth-order valence-electron chi connectivity index (χ4n) is 6.14. The summed E-state index contributed by atoms with van der Waals surface area (Å²) in [7, 11) is 3.19. The van der Waals surface area contributed by atoms with E-state index in [1.165, 1.54) is 16.2 Å². The zero-order chi connectivity index (χ0) is 26.0. The molecule has 6 atom stereocenters. The van der Waals surface area contributed by atoms with Gasteiger partial charge in [0.05, 0.1) is 25.5 Å². The second kappa shape index (κ2) is 10.9. The third-order valence-electron chi connectivity index (χ3n) is 8.16. The first-order chi connectivity index (χ1) is 17.2. The molecule has 1 fully saturated rings. The smallest absolute Gasteiger partial charge is 0.257 e. The molecular formula is C27H37N3O5S. The number of carbonyl (C=O) groups excluding carboxylic acids is 2. The fourth-order valence-corrected chi connectivity index (χ4v) is 7.40. The lowest BCUT2D eigenvalue weighted by Crippen LogP contribution is -2.53. The largest absolute Gasteiger partial charge is 0.497 e. The predicted octanol–water partition coefficient (Wildman–Crippen LogP) is 3.86. The minimum atomic E-state index is -0.603. The summed E-state index contributed by atoms with van der Waals surface area (Å²) in [4.78, 5) is 31.5. The van der Waals surface area contributed by atoms with Crippen LogP contribution in [-0.4, -0.2) is 55.4 Å². The first-order valence-corrected chi connectivity index (χ1v) is 13.4. The van der Waals surface area contributed by atoms with Gasteiger partial charge in [-0.2, -0.15) is 0 Å². The van der Waals surface area contributed by atoms with Gasteiger partial charge in [-0.1, -0.05) is 20.8 Å². The number of aliphatic hydroxyl groups is 1. The minimum Gasteiger partial charge on any atom is -0.497 e. The van der Waals surface area contributed by atoms with Gasteiger partial charge in [0.1, 0.15) is 5.75 Å². The molecule has 1 aromatic carbocycles. The third-order valence-corrected chi connectivity index (χ3v) is 9.14. The Balaban J connectivity index is 1.49. The molecule has 3 N–H and O–H groups in total. The van der Waals surface area contributed by atoms with Gasteiger partial charge >= 0.3 is 0 Å². The molecular weight excluding hydrogens is 478 g/mol.